The van der Waals surface area contributed by atoms with Crippen LogP contribution in [0.1, 0.15) is 162 Å². The van der Waals surface area contributed by atoms with Gasteiger partial charge in [0.2, 0.25) is 0 Å². The summed E-state index contributed by atoms with van der Waals surface area (Å²) < 4.78 is 11.0. The summed E-state index contributed by atoms with van der Waals surface area (Å²) in [6.07, 6.45) is 29.6. The molecule has 6 nitrogen and oxygen atoms in total. The molecule has 0 aromatic rings. The average Bonchev–Trinajstić information content (AvgIpc) is 2.94. The number of nitrogens with zero attached hydrogens (tertiary/aromatic N) is 1. The molecule has 0 aromatic carbocycles. The van der Waals surface area contributed by atoms with E-state index in [0.29, 0.717) is 0 Å². The molecule has 0 radical (unpaired) electrons. The maximum absolute atomic E-state index is 12.7. The van der Waals surface area contributed by atoms with Gasteiger partial charge in [0.05, 0.1) is 0 Å². The lowest BCUT2D eigenvalue weighted by Crippen LogP contribution is -2.38. The van der Waals surface area contributed by atoms with Gasteiger partial charge < -0.3 is 14.4 Å². The van der Waals surface area contributed by atoms with Gasteiger partial charge in [0, 0.05) is 0 Å². The molecule has 0 saturated heterocycles. The Kier molecular flexibility index (Phi) is 28.9. The normalized spacial score (nSPS) is 11.3. The number of rotatable bonds is 29. The van der Waals surface area contributed by atoms with Crippen LogP contribution < -0.4 is 0 Å². The van der Waals surface area contributed by atoms with E-state index >= 15 is 0 Å². The van der Waals surface area contributed by atoms with Gasteiger partial charge in [-0.2, -0.15) is 0 Å². The fourth-order valence-corrected chi connectivity index (χ4v) is 5.03. The summed E-state index contributed by atoms with van der Waals surface area (Å²) in [6, 6.07) is 0. The minimum absolute atomic E-state index is 0.148. The van der Waals surface area contributed by atoms with Crippen LogP contribution in [-0.4, -0.2) is 47.9 Å². The number of hydrogen-bond acceptors (Lipinski definition) is 5. The minimum Gasteiger partial charge on any atom is -0.461 e. The van der Waals surface area contributed by atoms with Crippen molar-refractivity contribution in [3.63, 3.8) is 0 Å². The van der Waals surface area contributed by atoms with Crippen LogP contribution in [0.4, 0.5) is 4.79 Å². The zero-order valence-electron chi connectivity index (χ0n) is 26.8. The topological polar surface area (TPSA) is 72.9 Å². The van der Waals surface area contributed by atoms with Crippen molar-refractivity contribution >= 4 is 29.8 Å². The number of thiol groups is 1. The van der Waals surface area contributed by atoms with Gasteiger partial charge in [-0.1, -0.05) is 148 Å². The van der Waals surface area contributed by atoms with Gasteiger partial charge in [-0.25, -0.2) is 0 Å². The van der Waals surface area contributed by atoms with E-state index in [9.17, 15) is 14.4 Å². The number of unbranched alkanes of at least 4 members (excludes halogenated alkanes) is 17. The van der Waals surface area contributed by atoms with Gasteiger partial charge >= 0.3 is 11.9 Å². The lowest BCUT2D eigenvalue weighted by molar-refractivity contribution is -0.151. The van der Waals surface area contributed by atoms with Crippen molar-refractivity contribution in [3.05, 3.63) is 12.2 Å². The first kappa shape index (κ1) is 39.5. The monoisotopic (exact) mass is 597 g/mol. The minimum atomic E-state index is -0.643. The molecule has 7 heteroatoms. The van der Waals surface area contributed by atoms with Gasteiger partial charge in [-0.3, -0.25) is 14.4 Å². The third-order valence-electron chi connectivity index (χ3n) is 7.45. The maximum Gasteiger partial charge on any atom is 0.326 e. The Morgan fingerprint density at radius 3 is 1.54 bits per heavy atom. The molecule has 0 rings (SSSR count). The van der Waals surface area contributed by atoms with E-state index in [0.717, 1.165) is 56.3 Å². The van der Waals surface area contributed by atoms with Crippen molar-refractivity contribution < 1.29 is 23.9 Å². The first-order valence-corrected chi connectivity index (χ1v) is 17.4. The molecule has 0 atom stereocenters. The first-order valence-electron chi connectivity index (χ1n) is 16.9. The van der Waals surface area contributed by atoms with E-state index in [1.165, 1.54) is 89.9 Å². The van der Waals surface area contributed by atoms with Crippen molar-refractivity contribution in [2.24, 2.45) is 0 Å². The molecule has 0 unspecified atom stereocenters. The summed E-state index contributed by atoms with van der Waals surface area (Å²) in [5.74, 6) is -1.05. The first-order chi connectivity index (χ1) is 19.9. The second-order valence-electron chi connectivity index (χ2n) is 11.4. The summed E-state index contributed by atoms with van der Waals surface area (Å²) in [7, 11) is 0. The van der Waals surface area contributed by atoms with Crippen LogP contribution in [0.3, 0.4) is 0 Å². The molecular weight excluding hydrogens is 534 g/mol. The molecule has 0 aliphatic rings. The second kappa shape index (κ2) is 30.0. The Bertz CT molecular complexity index is 656. The molecule has 41 heavy (non-hydrogen) atoms. The second-order valence-corrected chi connectivity index (χ2v) is 11.8. The summed E-state index contributed by atoms with van der Waals surface area (Å²) in [6.45, 7) is 6.18. The van der Waals surface area contributed by atoms with Gasteiger partial charge in [0.25, 0.3) is 5.24 Å². The smallest absolute Gasteiger partial charge is 0.326 e. The van der Waals surface area contributed by atoms with Crippen molar-refractivity contribution in [2.45, 2.75) is 168 Å². The third kappa shape index (κ3) is 27.1. The summed E-state index contributed by atoms with van der Waals surface area (Å²) in [5.41, 5.74) is 0. The summed E-state index contributed by atoms with van der Waals surface area (Å²) >= 11 is 3.86. The Morgan fingerprint density at radius 1 is 0.610 bits per heavy atom. The zero-order valence-corrected chi connectivity index (χ0v) is 27.7. The van der Waals surface area contributed by atoms with E-state index in [-0.39, 0.29) is 25.8 Å². The molecule has 0 aliphatic carbocycles. The number of esters is 2. The molecule has 0 N–H and O–H groups in total. The summed E-state index contributed by atoms with van der Waals surface area (Å²) in [4.78, 5) is 38.1. The highest BCUT2D eigenvalue weighted by atomic mass is 32.1. The van der Waals surface area contributed by atoms with Crippen LogP contribution >= 0.6 is 12.6 Å². The van der Waals surface area contributed by atoms with Crippen LogP contribution in [0.5, 0.6) is 0 Å². The molecule has 240 valence electrons. The van der Waals surface area contributed by atoms with Crippen LogP contribution in [0.2, 0.25) is 0 Å². The van der Waals surface area contributed by atoms with Crippen molar-refractivity contribution in [1.29, 1.82) is 0 Å². The van der Waals surface area contributed by atoms with Gasteiger partial charge in [-0.15, -0.1) is 0 Å². The van der Waals surface area contributed by atoms with Crippen LogP contribution in [0.25, 0.3) is 0 Å². The molecule has 1 amide bonds. The fraction of sp³-hybridized carbons (Fsp3) is 0.853. The quantitative estimate of drug-likeness (QED) is 0.0402. The predicted octanol–water partition coefficient (Wildman–Crippen LogP) is 9.99. The van der Waals surface area contributed by atoms with E-state index in [1.807, 2.05) is 12.2 Å². The van der Waals surface area contributed by atoms with Crippen molar-refractivity contribution in [2.75, 3.05) is 19.7 Å². The lowest BCUT2D eigenvalue weighted by Gasteiger charge is -2.22. The number of ether oxygens (including phenoxy) is 2. The predicted molar refractivity (Wildman–Crippen MR) is 175 cm³/mol. The maximum atomic E-state index is 12.7. The highest BCUT2D eigenvalue weighted by Gasteiger charge is 2.22. The molecular formula is C34H63NO5S. The van der Waals surface area contributed by atoms with Gasteiger partial charge in [-0.05, 0) is 38.5 Å². The molecule has 0 spiro atoms. The van der Waals surface area contributed by atoms with E-state index < -0.39 is 17.2 Å². The molecule has 0 aliphatic heterocycles. The number of hydrogen-bond donors (Lipinski definition) is 1. The van der Waals surface area contributed by atoms with Gasteiger partial charge in [0.1, 0.15) is 25.8 Å². The molecule has 0 heterocycles. The number of carbonyl (C=O) groups excluding carboxylic acids is 3. The number of amides is 1. The molecule has 0 fully saturated rings. The molecule has 0 aromatic heterocycles. The van der Waals surface area contributed by atoms with Crippen LogP contribution in [0.15, 0.2) is 12.2 Å². The third-order valence-corrected chi connectivity index (χ3v) is 7.73. The Hall–Kier alpha value is -1.50. The standard InChI is InChI=1S/C34H63NO5S/c1-4-7-10-13-14-15-16-17-18-19-22-25-28-39-32(36)29-35(34(38)41)30-33(37)40-31(26-23-20-11-8-5-2)27-24-21-12-9-6-3/h22,25,31H,4-21,23-24,26-30H2,1-3H3,(H,38,41)/b25-22-. The summed E-state index contributed by atoms with van der Waals surface area (Å²) in [5, 5.41) is -0.643. The highest BCUT2D eigenvalue weighted by molar-refractivity contribution is 7.96. The van der Waals surface area contributed by atoms with Crippen LogP contribution in [-0.2, 0) is 19.1 Å². The number of carbonyl (C=O) groups is 3. The highest BCUT2D eigenvalue weighted by Crippen LogP contribution is 2.17. The van der Waals surface area contributed by atoms with Crippen molar-refractivity contribution in [3.8, 4) is 0 Å². The molecule has 0 saturated carbocycles. The zero-order chi connectivity index (χ0) is 30.4. The fourth-order valence-electron chi connectivity index (χ4n) is 4.88. The van der Waals surface area contributed by atoms with E-state index in [4.69, 9.17) is 9.47 Å². The Balaban J connectivity index is 4.34. The lowest BCUT2D eigenvalue weighted by atomic mass is 10.0. The molecule has 0 bridgehead atoms. The average molecular weight is 598 g/mol. The van der Waals surface area contributed by atoms with Crippen molar-refractivity contribution in [1.82, 2.24) is 4.90 Å². The van der Waals surface area contributed by atoms with Gasteiger partial charge in [0.15, 0.2) is 0 Å². The Morgan fingerprint density at radius 2 is 1.05 bits per heavy atom. The Labute approximate surface area is 258 Å². The van der Waals surface area contributed by atoms with E-state index in [1.54, 1.807) is 0 Å². The van der Waals surface area contributed by atoms with Crippen LogP contribution in [0, 0.1) is 0 Å². The van der Waals surface area contributed by atoms with E-state index in [2.05, 4.69) is 33.4 Å². The number of allylic oxidation sites excluding steroid dienone is 1. The SMILES string of the molecule is CCCCCCCCCCC/C=C\COC(=O)CN(CC(=O)OC(CCCCCCC)CCCCCCC)C(=O)S. The largest absolute Gasteiger partial charge is 0.461 e.